The molecule has 2 heterocycles. The number of nitrogens with two attached hydrogens (primary N) is 1. The highest BCUT2D eigenvalue weighted by atomic mass is 32.2. The predicted octanol–water partition coefficient (Wildman–Crippen LogP) is 1.57. The van der Waals surface area contributed by atoms with E-state index in [1.807, 2.05) is 34.6 Å². The summed E-state index contributed by atoms with van der Waals surface area (Å²) in [6, 6.07) is 1.14. The standard InChI is InChI=1S/C16H27N3O3S2/c1-11-10-13(12(2)23-11)24(21,22)19-8-6-18(7-9-19)15(20)14(17)16(3,4)5/h10,14H,6-9,17H2,1-5H3/t14-/m1/s1. The van der Waals surface area contributed by atoms with Crippen LogP contribution in [0.2, 0.25) is 0 Å². The number of sulfonamides is 1. The Morgan fingerprint density at radius 2 is 1.75 bits per heavy atom. The second kappa shape index (κ2) is 6.74. The van der Waals surface area contributed by atoms with Gasteiger partial charge in [0.1, 0.15) is 0 Å². The van der Waals surface area contributed by atoms with Crippen LogP contribution >= 0.6 is 11.3 Å². The topological polar surface area (TPSA) is 83.7 Å². The van der Waals surface area contributed by atoms with Crippen molar-refractivity contribution in [1.29, 1.82) is 0 Å². The van der Waals surface area contributed by atoms with E-state index in [2.05, 4.69) is 0 Å². The van der Waals surface area contributed by atoms with Gasteiger partial charge >= 0.3 is 0 Å². The van der Waals surface area contributed by atoms with Gasteiger partial charge in [0.25, 0.3) is 0 Å². The fourth-order valence-electron chi connectivity index (χ4n) is 2.72. The van der Waals surface area contributed by atoms with Gasteiger partial charge in [-0.3, -0.25) is 4.79 Å². The Morgan fingerprint density at radius 1 is 1.21 bits per heavy atom. The average Bonchev–Trinajstić information content (AvgIpc) is 2.84. The highest BCUT2D eigenvalue weighted by Gasteiger charge is 2.35. The van der Waals surface area contributed by atoms with Gasteiger partial charge in [-0.05, 0) is 25.3 Å². The molecule has 136 valence electrons. The minimum Gasteiger partial charge on any atom is -0.339 e. The predicted molar refractivity (Wildman–Crippen MR) is 96.6 cm³/mol. The van der Waals surface area contributed by atoms with Crippen LogP contribution in [0.25, 0.3) is 0 Å². The molecule has 2 N–H and O–H groups in total. The molecule has 1 atom stereocenters. The number of rotatable bonds is 3. The summed E-state index contributed by atoms with van der Waals surface area (Å²) >= 11 is 1.49. The summed E-state index contributed by atoms with van der Waals surface area (Å²) in [5.41, 5.74) is 5.72. The monoisotopic (exact) mass is 373 g/mol. The maximum absolute atomic E-state index is 12.8. The van der Waals surface area contributed by atoms with Crippen LogP contribution in [0.1, 0.15) is 30.5 Å². The Hall–Kier alpha value is -0.960. The van der Waals surface area contributed by atoms with Crippen molar-refractivity contribution in [3.63, 3.8) is 0 Å². The number of thiophene rings is 1. The van der Waals surface area contributed by atoms with Crippen LogP contribution in [-0.4, -0.2) is 55.8 Å². The average molecular weight is 374 g/mol. The lowest BCUT2D eigenvalue weighted by atomic mass is 9.86. The first-order chi connectivity index (χ1) is 10.9. The maximum Gasteiger partial charge on any atom is 0.244 e. The molecule has 0 radical (unpaired) electrons. The van der Waals surface area contributed by atoms with E-state index in [0.29, 0.717) is 31.1 Å². The lowest BCUT2D eigenvalue weighted by Crippen LogP contribution is -2.56. The third kappa shape index (κ3) is 3.82. The van der Waals surface area contributed by atoms with E-state index in [1.54, 1.807) is 11.0 Å². The molecule has 1 aliphatic rings. The minimum absolute atomic E-state index is 0.109. The lowest BCUT2D eigenvalue weighted by molar-refractivity contribution is -0.136. The Bertz CT molecular complexity index is 711. The number of hydrogen-bond donors (Lipinski definition) is 1. The van der Waals surface area contributed by atoms with Crippen molar-refractivity contribution >= 4 is 27.3 Å². The van der Waals surface area contributed by atoms with E-state index in [0.717, 1.165) is 9.75 Å². The Balaban J connectivity index is 2.07. The van der Waals surface area contributed by atoms with Gasteiger partial charge in [0.2, 0.25) is 15.9 Å². The summed E-state index contributed by atoms with van der Waals surface area (Å²) in [7, 11) is -3.50. The van der Waals surface area contributed by atoms with Crippen LogP contribution in [0, 0.1) is 19.3 Å². The van der Waals surface area contributed by atoms with Crippen molar-refractivity contribution < 1.29 is 13.2 Å². The van der Waals surface area contributed by atoms with Gasteiger partial charge in [-0.2, -0.15) is 4.31 Å². The van der Waals surface area contributed by atoms with Gasteiger partial charge in [-0.15, -0.1) is 11.3 Å². The van der Waals surface area contributed by atoms with Crippen molar-refractivity contribution in [2.45, 2.75) is 45.6 Å². The molecule has 0 saturated carbocycles. The molecule has 2 rings (SSSR count). The number of amides is 1. The Labute approximate surface area is 148 Å². The molecule has 1 aromatic rings. The summed E-state index contributed by atoms with van der Waals surface area (Å²) in [6.45, 7) is 10.9. The first kappa shape index (κ1) is 19.4. The summed E-state index contributed by atoms with van der Waals surface area (Å²) in [4.78, 5) is 16.3. The zero-order chi connectivity index (χ0) is 18.3. The normalized spacial score (nSPS) is 18.7. The van der Waals surface area contributed by atoms with Crippen LogP contribution < -0.4 is 5.73 Å². The summed E-state index contributed by atoms with van der Waals surface area (Å²) in [6.07, 6.45) is 0. The van der Waals surface area contributed by atoms with Gasteiger partial charge in [0.15, 0.2) is 0 Å². The van der Waals surface area contributed by atoms with Crippen molar-refractivity contribution in [3.05, 3.63) is 15.8 Å². The zero-order valence-electron chi connectivity index (χ0n) is 15.0. The summed E-state index contributed by atoms with van der Waals surface area (Å²) in [5, 5.41) is 0. The van der Waals surface area contributed by atoms with Crippen LogP contribution in [-0.2, 0) is 14.8 Å². The molecular formula is C16H27N3O3S2. The quantitative estimate of drug-likeness (QED) is 0.872. The van der Waals surface area contributed by atoms with Crippen molar-refractivity contribution in [1.82, 2.24) is 9.21 Å². The molecule has 0 aliphatic carbocycles. The van der Waals surface area contributed by atoms with Gasteiger partial charge < -0.3 is 10.6 Å². The van der Waals surface area contributed by atoms with Gasteiger partial charge in [0.05, 0.1) is 10.9 Å². The molecule has 1 aromatic heterocycles. The fraction of sp³-hybridized carbons (Fsp3) is 0.688. The van der Waals surface area contributed by atoms with E-state index in [9.17, 15) is 13.2 Å². The third-order valence-corrected chi connectivity index (χ3v) is 7.48. The molecule has 6 nitrogen and oxygen atoms in total. The van der Waals surface area contributed by atoms with Gasteiger partial charge in [-0.25, -0.2) is 8.42 Å². The molecule has 1 saturated heterocycles. The highest BCUT2D eigenvalue weighted by Crippen LogP contribution is 2.28. The molecule has 1 fully saturated rings. The Morgan fingerprint density at radius 3 is 2.17 bits per heavy atom. The molecule has 24 heavy (non-hydrogen) atoms. The van der Waals surface area contributed by atoms with E-state index >= 15 is 0 Å². The van der Waals surface area contributed by atoms with E-state index in [-0.39, 0.29) is 11.3 Å². The largest absolute Gasteiger partial charge is 0.339 e. The minimum atomic E-state index is -3.50. The molecule has 1 amide bonds. The summed E-state index contributed by atoms with van der Waals surface area (Å²) in [5.74, 6) is -0.109. The molecule has 0 unspecified atom stereocenters. The SMILES string of the molecule is Cc1cc(S(=O)(=O)N2CCN(C(=O)[C@@H](N)C(C)(C)C)CC2)c(C)s1. The number of hydrogen-bond acceptors (Lipinski definition) is 5. The molecule has 0 bridgehead atoms. The Kier molecular flexibility index (Phi) is 5.44. The fourth-order valence-corrected chi connectivity index (χ4v) is 5.66. The number of carbonyl (C=O) groups is 1. The van der Waals surface area contributed by atoms with Crippen LogP contribution in [0.15, 0.2) is 11.0 Å². The van der Waals surface area contributed by atoms with Crippen LogP contribution in [0.5, 0.6) is 0 Å². The van der Waals surface area contributed by atoms with Crippen molar-refractivity contribution in [2.75, 3.05) is 26.2 Å². The number of nitrogens with zero attached hydrogens (tertiary/aromatic N) is 2. The van der Waals surface area contributed by atoms with Crippen molar-refractivity contribution in [3.8, 4) is 0 Å². The second-order valence-corrected chi connectivity index (χ2v) is 10.7. The highest BCUT2D eigenvalue weighted by molar-refractivity contribution is 7.89. The zero-order valence-corrected chi connectivity index (χ0v) is 16.6. The molecule has 0 aromatic carbocycles. The van der Waals surface area contributed by atoms with E-state index < -0.39 is 16.1 Å². The lowest BCUT2D eigenvalue weighted by Gasteiger charge is -2.37. The summed E-state index contributed by atoms with van der Waals surface area (Å²) < 4.78 is 27.1. The first-order valence-electron chi connectivity index (χ1n) is 8.06. The molecule has 8 heteroatoms. The van der Waals surface area contributed by atoms with Crippen LogP contribution in [0.4, 0.5) is 0 Å². The number of carbonyl (C=O) groups excluding carboxylic acids is 1. The second-order valence-electron chi connectivity index (χ2n) is 7.35. The maximum atomic E-state index is 12.8. The van der Waals surface area contributed by atoms with Crippen molar-refractivity contribution in [2.24, 2.45) is 11.1 Å². The van der Waals surface area contributed by atoms with Gasteiger partial charge in [-0.1, -0.05) is 20.8 Å². The molecule has 0 spiro atoms. The third-order valence-electron chi connectivity index (χ3n) is 4.36. The smallest absolute Gasteiger partial charge is 0.244 e. The molecule has 1 aliphatic heterocycles. The number of aryl methyl sites for hydroxylation is 2. The van der Waals surface area contributed by atoms with E-state index in [4.69, 9.17) is 5.73 Å². The molecular weight excluding hydrogens is 346 g/mol. The van der Waals surface area contributed by atoms with Gasteiger partial charge in [0, 0.05) is 35.9 Å². The van der Waals surface area contributed by atoms with Crippen LogP contribution in [0.3, 0.4) is 0 Å². The number of piperazine rings is 1. The van der Waals surface area contributed by atoms with E-state index in [1.165, 1.54) is 15.6 Å². The first-order valence-corrected chi connectivity index (χ1v) is 10.3.